The number of carbonyl (C=O) groups is 1. The van der Waals surface area contributed by atoms with Gasteiger partial charge in [0.05, 0.1) is 0 Å². The van der Waals surface area contributed by atoms with E-state index in [1.807, 2.05) is 17.7 Å². The fourth-order valence-electron chi connectivity index (χ4n) is 2.14. The van der Waals surface area contributed by atoms with Crippen LogP contribution in [0.15, 0.2) is 15.9 Å². The number of hydrogen-bond donors (Lipinski definition) is 3. The molecule has 4 N–H and O–H groups in total. The zero-order valence-electron chi connectivity index (χ0n) is 10.3. The fourth-order valence-corrected chi connectivity index (χ4v) is 3.00. The highest BCUT2D eigenvalue weighted by molar-refractivity contribution is 7.08. The van der Waals surface area contributed by atoms with Crippen LogP contribution in [0.4, 0.5) is 0 Å². The molecule has 1 fully saturated rings. The zero-order valence-corrected chi connectivity index (χ0v) is 11.1. The number of thiophene rings is 1. The molecule has 2 rings (SSSR count). The summed E-state index contributed by atoms with van der Waals surface area (Å²) in [5.41, 5.74) is 7.13. The van der Waals surface area contributed by atoms with Gasteiger partial charge in [0.15, 0.2) is 5.84 Å². The Balaban J connectivity index is 2.01. The van der Waals surface area contributed by atoms with Gasteiger partial charge in [0.2, 0.25) is 5.91 Å². The van der Waals surface area contributed by atoms with E-state index < -0.39 is 5.41 Å². The molecule has 0 atom stereocenters. The Morgan fingerprint density at radius 3 is 2.78 bits per heavy atom. The van der Waals surface area contributed by atoms with Crippen molar-refractivity contribution in [3.05, 3.63) is 21.9 Å². The van der Waals surface area contributed by atoms with Crippen LogP contribution in [-0.4, -0.2) is 17.0 Å². The minimum absolute atomic E-state index is 0.0216. The molecule has 1 amide bonds. The van der Waals surface area contributed by atoms with Crippen molar-refractivity contribution in [2.24, 2.45) is 16.3 Å². The molecule has 0 aromatic carbocycles. The molecule has 98 valence electrons. The van der Waals surface area contributed by atoms with Crippen LogP contribution in [0, 0.1) is 12.3 Å². The van der Waals surface area contributed by atoms with Gasteiger partial charge < -0.3 is 16.3 Å². The van der Waals surface area contributed by atoms with Gasteiger partial charge in [-0.25, -0.2) is 0 Å². The molecule has 1 heterocycles. The van der Waals surface area contributed by atoms with Gasteiger partial charge in [-0.3, -0.25) is 4.79 Å². The van der Waals surface area contributed by atoms with E-state index in [1.165, 1.54) is 5.56 Å². The lowest BCUT2D eigenvalue weighted by Crippen LogP contribution is -2.53. The lowest BCUT2D eigenvalue weighted by Gasteiger charge is -2.38. The molecule has 0 bridgehead atoms. The Bertz CT molecular complexity index is 477. The normalized spacial score (nSPS) is 18.2. The second-order valence-electron chi connectivity index (χ2n) is 4.68. The number of nitrogens with two attached hydrogens (primary N) is 1. The number of hydrogen-bond acceptors (Lipinski definition) is 4. The van der Waals surface area contributed by atoms with E-state index >= 15 is 0 Å². The summed E-state index contributed by atoms with van der Waals surface area (Å²) in [6.07, 6.45) is 2.23. The molecule has 18 heavy (non-hydrogen) atoms. The highest BCUT2D eigenvalue weighted by Crippen LogP contribution is 2.41. The summed E-state index contributed by atoms with van der Waals surface area (Å²) in [6, 6.07) is 0. The van der Waals surface area contributed by atoms with Crippen LogP contribution in [-0.2, 0) is 11.3 Å². The van der Waals surface area contributed by atoms with Gasteiger partial charge in [-0.2, -0.15) is 11.3 Å². The molecular formula is C12H17N3O2S. The maximum atomic E-state index is 12.2. The summed E-state index contributed by atoms with van der Waals surface area (Å²) >= 11 is 1.62. The molecule has 0 aliphatic heterocycles. The highest BCUT2D eigenvalue weighted by atomic mass is 32.1. The van der Waals surface area contributed by atoms with Gasteiger partial charge in [0.25, 0.3) is 0 Å². The average Bonchev–Trinajstić information content (AvgIpc) is 2.70. The molecule has 0 spiro atoms. The van der Waals surface area contributed by atoms with Crippen molar-refractivity contribution in [2.45, 2.75) is 32.7 Å². The van der Waals surface area contributed by atoms with E-state index in [-0.39, 0.29) is 11.7 Å². The predicted molar refractivity (Wildman–Crippen MR) is 70.6 cm³/mol. The van der Waals surface area contributed by atoms with Crippen molar-refractivity contribution in [3.8, 4) is 0 Å². The van der Waals surface area contributed by atoms with Crippen LogP contribution in [0.3, 0.4) is 0 Å². The minimum atomic E-state index is -0.793. The SMILES string of the molecule is Cc1cscc1CNC(=O)C1(/C(N)=N/O)CCC1. The van der Waals surface area contributed by atoms with Crippen LogP contribution in [0.2, 0.25) is 0 Å². The first kappa shape index (κ1) is 12.9. The predicted octanol–water partition coefficient (Wildman–Crippen LogP) is 1.59. The first-order chi connectivity index (χ1) is 8.60. The van der Waals surface area contributed by atoms with Gasteiger partial charge in [0.1, 0.15) is 5.41 Å². The molecule has 0 unspecified atom stereocenters. The molecule has 1 aliphatic carbocycles. The van der Waals surface area contributed by atoms with Crippen molar-refractivity contribution in [1.82, 2.24) is 5.32 Å². The Morgan fingerprint density at radius 2 is 2.33 bits per heavy atom. The number of amides is 1. The molecular weight excluding hydrogens is 250 g/mol. The Hall–Kier alpha value is -1.56. The van der Waals surface area contributed by atoms with Gasteiger partial charge in [0, 0.05) is 6.54 Å². The minimum Gasteiger partial charge on any atom is -0.409 e. The molecule has 5 nitrogen and oxygen atoms in total. The third kappa shape index (κ3) is 2.08. The molecule has 1 aromatic rings. The van der Waals surface area contributed by atoms with Crippen LogP contribution in [0.25, 0.3) is 0 Å². The summed E-state index contributed by atoms with van der Waals surface area (Å²) in [7, 11) is 0. The smallest absolute Gasteiger partial charge is 0.234 e. The summed E-state index contributed by atoms with van der Waals surface area (Å²) in [6.45, 7) is 2.51. The number of aryl methyl sites for hydroxylation is 1. The van der Waals surface area contributed by atoms with E-state index in [1.54, 1.807) is 11.3 Å². The van der Waals surface area contributed by atoms with E-state index in [0.717, 1.165) is 12.0 Å². The second-order valence-corrected chi connectivity index (χ2v) is 5.43. The number of nitrogens with zero attached hydrogens (tertiary/aromatic N) is 1. The first-order valence-electron chi connectivity index (χ1n) is 5.88. The van der Waals surface area contributed by atoms with E-state index in [0.29, 0.717) is 19.4 Å². The standard InChI is InChI=1S/C12H17N3O2S/c1-8-6-18-7-9(8)5-14-11(16)12(3-2-4-12)10(13)15-17/h6-7,17H,2-5H2,1H3,(H2,13,15)(H,14,16). The number of nitrogens with one attached hydrogen (secondary N) is 1. The average molecular weight is 267 g/mol. The maximum Gasteiger partial charge on any atom is 0.234 e. The maximum absolute atomic E-state index is 12.2. The lowest BCUT2D eigenvalue weighted by molar-refractivity contribution is -0.131. The van der Waals surface area contributed by atoms with Crippen molar-refractivity contribution in [1.29, 1.82) is 0 Å². The van der Waals surface area contributed by atoms with Crippen molar-refractivity contribution in [3.63, 3.8) is 0 Å². The van der Waals surface area contributed by atoms with Crippen molar-refractivity contribution in [2.75, 3.05) is 0 Å². The topological polar surface area (TPSA) is 87.7 Å². The summed E-state index contributed by atoms with van der Waals surface area (Å²) < 4.78 is 0. The molecule has 0 saturated heterocycles. The van der Waals surface area contributed by atoms with Crippen LogP contribution >= 0.6 is 11.3 Å². The van der Waals surface area contributed by atoms with Crippen molar-refractivity contribution < 1.29 is 10.0 Å². The Labute approximate surface area is 110 Å². The van der Waals surface area contributed by atoms with E-state index in [4.69, 9.17) is 10.9 Å². The highest BCUT2D eigenvalue weighted by Gasteiger charge is 2.48. The molecule has 1 aliphatic rings. The molecule has 1 saturated carbocycles. The van der Waals surface area contributed by atoms with Crippen LogP contribution in [0.1, 0.15) is 30.4 Å². The largest absolute Gasteiger partial charge is 0.409 e. The summed E-state index contributed by atoms with van der Waals surface area (Å²) in [5.74, 6) is -0.122. The molecule has 1 aromatic heterocycles. The third-order valence-corrected chi connectivity index (χ3v) is 4.55. The van der Waals surface area contributed by atoms with Gasteiger partial charge in [-0.15, -0.1) is 0 Å². The Morgan fingerprint density at radius 1 is 1.61 bits per heavy atom. The number of carbonyl (C=O) groups excluding carboxylic acids is 1. The quantitative estimate of drug-likeness (QED) is 0.335. The summed E-state index contributed by atoms with van der Waals surface area (Å²) in [4.78, 5) is 12.2. The van der Waals surface area contributed by atoms with Gasteiger partial charge >= 0.3 is 0 Å². The Kier molecular flexibility index (Phi) is 3.56. The third-order valence-electron chi connectivity index (χ3n) is 3.64. The lowest BCUT2D eigenvalue weighted by atomic mass is 9.67. The van der Waals surface area contributed by atoms with Crippen LogP contribution < -0.4 is 11.1 Å². The van der Waals surface area contributed by atoms with Gasteiger partial charge in [-0.1, -0.05) is 11.6 Å². The zero-order chi connectivity index (χ0) is 13.2. The molecule has 6 heteroatoms. The van der Waals surface area contributed by atoms with Crippen molar-refractivity contribution >= 4 is 23.1 Å². The number of rotatable bonds is 4. The van der Waals surface area contributed by atoms with Gasteiger partial charge in [-0.05, 0) is 41.7 Å². The van der Waals surface area contributed by atoms with E-state index in [2.05, 4.69) is 10.5 Å². The summed E-state index contributed by atoms with van der Waals surface area (Å²) in [5, 5.41) is 18.7. The van der Waals surface area contributed by atoms with Crippen LogP contribution in [0.5, 0.6) is 0 Å². The number of oxime groups is 1. The first-order valence-corrected chi connectivity index (χ1v) is 6.82. The fraction of sp³-hybridized carbons (Fsp3) is 0.500. The second kappa shape index (κ2) is 4.97. The number of amidine groups is 1. The van der Waals surface area contributed by atoms with E-state index in [9.17, 15) is 4.79 Å². The molecule has 0 radical (unpaired) electrons. The monoisotopic (exact) mass is 267 g/mol.